The minimum absolute atomic E-state index is 0.0705. The van der Waals surface area contributed by atoms with Gasteiger partial charge < -0.3 is 0 Å². The second-order valence-electron chi connectivity index (χ2n) is 6.63. The zero-order valence-corrected chi connectivity index (χ0v) is 17.7. The van der Waals surface area contributed by atoms with E-state index < -0.39 is 15.8 Å². The molecule has 0 bridgehead atoms. The predicted octanol–water partition coefficient (Wildman–Crippen LogP) is 3.87. The highest BCUT2D eigenvalue weighted by Gasteiger charge is 2.16. The number of aryl methyl sites for hydroxylation is 2. The average Bonchev–Trinajstić information content (AvgIpc) is 2.73. The number of nitrogens with one attached hydrogen (secondary N) is 1. The SMILES string of the molecule is Cc1cccc(CCC(=O)c2ccc(CNS(=O)(=O)c3ccc(F)c(Cl)c3)nc2)n1. The first kappa shape index (κ1) is 22.0. The molecular formula is C21H19ClFN3O3S. The maximum Gasteiger partial charge on any atom is 0.240 e. The van der Waals surface area contributed by atoms with Crippen molar-refractivity contribution < 1.29 is 17.6 Å². The van der Waals surface area contributed by atoms with Crippen LogP contribution in [0.5, 0.6) is 0 Å². The van der Waals surface area contributed by atoms with Crippen molar-refractivity contribution in [3.8, 4) is 0 Å². The number of benzene rings is 1. The van der Waals surface area contributed by atoms with Gasteiger partial charge in [-0.1, -0.05) is 17.7 Å². The summed E-state index contributed by atoms with van der Waals surface area (Å²) in [5.74, 6) is -0.769. The molecule has 2 aromatic heterocycles. The second kappa shape index (κ2) is 9.42. The summed E-state index contributed by atoms with van der Waals surface area (Å²) < 4.78 is 40.2. The standard InChI is InChI=1S/C21H19ClFN3O3S/c1-14-3-2-4-16(26-14)7-10-21(27)15-5-6-17(24-12-15)13-25-30(28,29)18-8-9-20(23)19(22)11-18/h2-6,8-9,11-12,25H,7,10,13H2,1H3. The number of Topliss-reactive ketones (excluding diaryl/α,β-unsaturated/α-hetero) is 1. The van der Waals surface area contributed by atoms with Crippen LogP contribution in [-0.4, -0.2) is 24.2 Å². The first-order valence-electron chi connectivity index (χ1n) is 9.10. The zero-order valence-electron chi connectivity index (χ0n) is 16.1. The summed E-state index contributed by atoms with van der Waals surface area (Å²) in [6.45, 7) is 1.81. The highest BCUT2D eigenvalue weighted by Crippen LogP contribution is 2.19. The molecule has 0 saturated carbocycles. The van der Waals surface area contributed by atoms with Crippen LogP contribution in [0.1, 0.15) is 33.9 Å². The van der Waals surface area contributed by atoms with Gasteiger partial charge in [0.1, 0.15) is 5.82 Å². The van der Waals surface area contributed by atoms with Crippen molar-refractivity contribution in [2.45, 2.75) is 31.2 Å². The summed E-state index contributed by atoms with van der Waals surface area (Å²) in [6.07, 6.45) is 2.25. The number of ketones is 1. The van der Waals surface area contributed by atoms with Crippen molar-refractivity contribution in [2.24, 2.45) is 0 Å². The molecule has 9 heteroatoms. The first-order valence-corrected chi connectivity index (χ1v) is 11.0. The topological polar surface area (TPSA) is 89.0 Å². The van der Waals surface area contributed by atoms with Gasteiger partial charge in [-0.3, -0.25) is 14.8 Å². The molecule has 0 saturated heterocycles. The lowest BCUT2D eigenvalue weighted by Gasteiger charge is -2.08. The molecule has 0 aliphatic rings. The van der Waals surface area contributed by atoms with Crippen LogP contribution in [0, 0.1) is 12.7 Å². The summed E-state index contributed by atoms with van der Waals surface area (Å²) >= 11 is 5.64. The van der Waals surface area contributed by atoms with Crippen molar-refractivity contribution >= 4 is 27.4 Å². The van der Waals surface area contributed by atoms with Crippen molar-refractivity contribution in [3.05, 3.63) is 88.2 Å². The Labute approximate surface area is 179 Å². The molecular weight excluding hydrogens is 429 g/mol. The number of sulfonamides is 1. The van der Waals surface area contributed by atoms with Crippen LogP contribution >= 0.6 is 11.6 Å². The number of hydrogen-bond donors (Lipinski definition) is 1. The zero-order chi connectivity index (χ0) is 21.7. The van der Waals surface area contributed by atoms with Crippen LogP contribution in [0.3, 0.4) is 0 Å². The molecule has 0 radical (unpaired) electrons. The van der Waals surface area contributed by atoms with E-state index in [0.717, 1.165) is 29.6 Å². The average molecular weight is 448 g/mol. The third-order valence-electron chi connectivity index (χ3n) is 4.35. The van der Waals surface area contributed by atoms with E-state index in [1.807, 2.05) is 25.1 Å². The van der Waals surface area contributed by atoms with Gasteiger partial charge >= 0.3 is 0 Å². The first-order chi connectivity index (χ1) is 14.2. The third kappa shape index (κ3) is 5.69. The molecule has 156 valence electrons. The van der Waals surface area contributed by atoms with Crippen LogP contribution < -0.4 is 4.72 Å². The molecule has 3 aromatic rings. The van der Waals surface area contributed by atoms with Crippen molar-refractivity contribution in [2.75, 3.05) is 0 Å². The van der Waals surface area contributed by atoms with Gasteiger partial charge in [0.15, 0.2) is 5.78 Å². The van der Waals surface area contributed by atoms with Gasteiger partial charge in [-0.25, -0.2) is 17.5 Å². The summed E-state index contributed by atoms with van der Waals surface area (Å²) in [5, 5.41) is -0.278. The number of hydrogen-bond acceptors (Lipinski definition) is 5. The largest absolute Gasteiger partial charge is 0.294 e. The Balaban J connectivity index is 1.58. The Hall–Kier alpha value is -2.68. The summed E-state index contributed by atoms with van der Waals surface area (Å²) in [5.41, 5.74) is 2.63. The Morgan fingerprint density at radius 1 is 1.13 bits per heavy atom. The van der Waals surface area contributed by atoms with E-state index in [1.165, 1.54) is 6.20 Å². The van der Waals surface area contributed by atoms with E-state index in [1.54, 1.807) is 12.1 Å². The van der Waals surface area contributed by atoms with Gasteiger partial charge in [0.25, 0.3) is 0 Å². The third-order valence-corrected chi connectivity index (χ3v) is 6.03. The quantitative estimate of drug-likeness (QED) is 0.529. The molecule has 0 spiro atoms. The molecule has 6 nitrogen and oxygen atoms in total. The Kier molecular flexibility index (Phi) is 6.91. The van der Waals surface area contributed by atoms with Gasteiger partial charge in [-0.05, 0) is 55.8 Å². The lowest BCUT2D eigenvalue weighted by atomic mass is 10.1. The molecule has 2 heterocycles. The molecule has 0 amide bonds. The smallest absolute Gasteiger partial charge is 0.240 e. The number of aromatic nitrogens is 2. The molecule has 1 N–H and O–H groups in total. The van der Waals surface area contributed by atoms with E-state index in [2.05, 4.69) is 14.7 Å². The lowest BCUT2D eigenvalue weighted by Crippen LogP contribution is -2.23. The number of halogens is 2. The van der Waals surface area contributed by atoms with E-state index in [4.69, 9.17) is 11.6 Å². The molecule has 0 aliphatic heterocycles. The van der Waals surface area contributed by atoms with Crippen LogP contribution in [-0.2, 0) is 23.0 Å². The highest BCUT2D eigenvalue weighted by atomic mass is 35.5. The van der Waals surface area contributed by atoms with Gasteiger partial charge in [-0.15, -0.1) is 0 Å². The number of carbonyl (C=O) groups is 1. The Morgan fingerprint density at radius 3 is 2.60 bits per heavy atom. The fourth-order valence-electron chi connectivity index (χ4n) is 2.71. The molecule has 0 atom stereocenters. The van der Waals surface area contributed by atoms with E-state index >= 15 is 0 Å². The van der Waals surface area contributed by atoms with E-state index in [9.17, 15) is 17.6 Å². The van der Waals surface area contributed by atoms with Gasteiger partial charge in [-0.2, -0.15) is 0 Å². The fourth-order valence-corrected chi connectivity index (χ4v) is 3.98. The highest BCUT2D eigenvalue weighted by molar-refractivity contribution is 7.89. The van der Waals surface area contributed by atoms with Crippen LogP contribution in [0.4, 0.5) is 4.39 Å². The number of nitrogens with zero attached hydrogens (tertiary/aromatic N) is 2. The van der Waals surface area contributed by atoms with Crippen LogP contribution in [0.25, 0.3) is 0 Å². The van der Waals surface area contributed by atoms with Gasteiger partial charge in [0.05, 0.1) is 22.2 Å². The molecule has 0 fully saturated rings. The lowest BCUT2D eigenvalue weighted by molar-refractivity contribution is 0.0982. The van der Waals surface area contributed by atoms with Crippen molar-refractivity contribution in [1.82, 2.24) is 14.7 Å². The minimum atomic E-state index is -3.88. The second-order valence-corrected chi connectivity index (χ2v) is 8.81. The van der Waals surface area contributed by atoms with Gasteiger partial charge in [0, 0.05) is 29.6 Å². The number of pyridine rings is 2. The minimum Gasteiger partial charge on any atom is -0.294 e. The fraction of sp³-hybridized carbons (Fsp3) is 0.190. The van der Waals surface area contributed by atoms with Crippen molar-refractivity contribution in [1.29, 1.82) is 0 Å². The predicted molar refractivity (Wildman–Crippen MR) is 111 cm³/mol. The molecule has 3 rings (SSSR count). The molecule has 0 unspecified atom stereocenters. The Bertz CT molecular complexity index is 1170. The number of carbonyl (C=O) groups excluding carboxylic acids is 1. The molecule has 1 aromatic carbocycles. The molecule has 0 aliphatic carbocycles. The molecule has 30 heavy (non-hydrogen) atoms. The van der Waals surface area contributed by atoms with Crippen LogP contribution in [0.2, 0.25) is 5.02 Å². The normalized spacial score (nSPS) is 11.4. The maximum atomic E-state index is 13.2. The summed E-state index contributed by atoms with van der Waals surface area (Å²) in [7, 11) is -3.88. The van der Waals surface area contributed by atoms with E-state index in [-0.39, 0.29) is 22.2 Å². The maximum absolute atomic E-state index is 13.2. The van der Waals surface area contributed by atoms with Crippen molar-refractivity contribution in [3.63, 3.8) is 0 Å². The summed E-state index contributed by atoms with van der Waals surface area (Å²) in [4.78, 5) is 20.7. The monoisotopic (exact) mass is 447 g/mol. The summed E-state index contributed by atoms with van der Waals surface area (Å²) in [6, 6.07) is 12.0. The Morgan fingerprint density at radius 2 is 1.93 bits per heavy atom. The van der Waals surface area contributed by atoms with E-state index in [0.29, 0.717) is 24.1 Å². The number of rotatable bonds is 8. The van der Waals surface area contributed by atoms with Gasteiger partial charge in [0.2, 0.25) is 10.0 Å². The van der Waals surface area contributed by atoms with Crippen LogP contribution in [0.15, 0.2) is 59.6 Å².